The Balaban J connectivity index is 2.44. The molecular weight excluding hydrogens is 212 g/mol. The topological polar surface area (TPSA) is 23.6 Å². The summed E-state index contributed by atoms with van der Waals surface area (Å²) in [7, 11) is 4.08. The van der Waals surface area contributed by atoms with Crippen LogP contribution in [0.4, 0.5) is 11.4 Å². The molecule has 0 spiro atoms. The maximum absolute atomic E-state index is 11.7. The predicted molar refractivity (Wildman–Crippen MR) is 71.7 cm³/mol. The normalized spacial score (nSPS) is 18.8. The minimum atomic E-state index is 0.135. The van der Waals surface area contributed by atoms with E-state index in [1.54, 1.807) is 6.92 Å². The van der Waals surface area contributed by atoms with Gasteiger partial charge >= 0.3 is 0 Å². The molecule has 17 heavy (non-hydrogen) atoms. The van der Waals surface area contributed by atoms with Gasteiger partial charge in [0.2, 0.25) is 5.91 Å². The van der Waals surface area contributed by atoms with E-state index in [4.69, 9.17) is 0 Å². The van der Waals surface area contributed by atoms with Gasteiger partial charge in [-0.25, -0.2) is 0 Å². The van der Waals surface area contributed by atoms with Gasteiger partial charge in [0.25, 0.3) is 0 Å². The van der Waals surface area contributed by atoms with E-state index in [2.05, 4.69) is 30.0 Å². The molecule has 0 saturated heterocycles. The maximum atomic E-state index is 11.7. The van der Waals surface area contributed by atoms with Crippen LogP contribution < -0.4 is 9.80 Å². The van der Waals surface area contributed by atoms with Crippen LogP contribution in [0.2, 0.25) is 0 Å². The van der Waals surface area contributed by atoms with Gasteiger partial charge in [0, 0.05) is 38.4 Å². The Bertz CT molecular complexity index is 440. The summed E-state index contributed by atoms with van der Waals surface area (Å²) in [6, 6.07) is 6.65. The number of amides is 1. The average molecular weight is 232 g/mol. The lowest BCUT2D eigenvalue weighted by Gasteiger charge is -2.35. The summed E-state index contributed by atoms with van der Waals surface area (Å²) in [4.78, 5) is 15.7. The lowest BCUT2D eigenvalue weighted by molar-refractivity contribution is -0.117. The highest BCUT2D eigenvalue weighted by Crippen LogP contribution is 2.33. The molecule has 0 N–H and O–H groups in total. The molecule has 1 amide bonds. The zero-order valence-electron chi connectivity index (χ0n) is 11.0. The number of rotatable bonds is 1. The van der Waals surface area contributed by atoms with Crippen LogP contribution in [-0.4, -0.2) is 26.0 Å². The van der Waals surface area contributed by atoms with Crippen molar-refractivity contribution >= 4 is 17.3 Å². The molecule has 3 nitrogen and oxygen atoms in total. The Hall–Kier alpha value is -1.51. The first-order valence-electron chi connectivity index (χ1n) is 6.10. The SMILES string of the molecule is CC(=O)N1c2ccc(N(C)C)cc2CCC1C. The molecule has 0 bridgehead atoms. The molecular formula is C14H20N2O. The summed E-state index contributed by atoms with van der Waals surface area (Å²) < 4.78 is 0. The minimum absolute atomic E-state index is 0.135. The van der Waals surface area contributed by atoms with Gasteiger partial charge in [0.15, 0.2) is 0 Å². The molecule has 0 aromatic heterocycles. The van der Waals surface area contributed by atoms with E-state index in [-0.39, 0.29) is 5.91 Å². The van der Waals surface area contributed by atoms with Crippen molar-refractivity contribution in [1.29, 1.82) is 0 Å². The molecule has 1 unspecified atom stereocenters. The summed E-state index contributed by atoms with van der Waals surface area (Å²) in [6.07, 6.45) is 2.10. The Morgan fingerprint density at radius 2 is 2.12 bits per heavy atom. The maximum Gasteiger partial charge on any atom is 0.224 e. The van der Waals surface area contributed by atoms with Crippen molar-refractivity contribution in [2.24, 2.45) is 0 Å². The second-order valence-corrected chi connectivity index (χ2v) is 4.98. The van der Waals surface area contributed by atoms with Crippen molar-refractivity contribution in [2.45, 2.75) is 32.7 Å². The molecule has 1 aliphatic heterocycles. The Morgan fingerprint density at radius 3 is 2.71 bits per heavy atom. The van der Waals surface area contributed by atoms with E-state index < -0.39 is 0 Å². The van der Waals surface area contributed by atoms with Crippen LogP contribution in [0.15, 0.2) is 18.2 Å². The molecule has 1 aromatic carbocycles. The number of anilines is 2. The largest absolute Gasteiger partial charge is 0.378 e. The fourth-order valence-corrected chi connectivity index (χ4v) is 2.50. The van der Waals surface area contributed by atoms with E-state index in [1.165, 1.54) is 11.3 Å². The molecule has 2 rings (SSSR count). The number of hydrogen-bond acceptors (Lipinski definition) is 2. The second kappa shape index (κ2) is 4.40. The first-order chi connectivity index (χ1) is 8.00. The van der Waals surface area contributed by atoms with E-state index in [9.17, 15) is 4.79 Å². The summed E-state index contributed by atoms with van der Waals surface area (Å²) in [5.41, 5.74) is 3.56. The Labute approximate surface area is 103 Å². The van der Waals surface area contributed by atoms with Gasteiger partial charge in [0.05, 0.1) is 0 Å². The van der Waals surface area contributed by atoms with E-state index in [1.807, 2.05) is 19.0 Å². The molecule has 1 aromatic rings. The average Bonchev–Trinajstić information content (AvgIpc) is 2.27. The van der Waals surface area contributed by atoms with Gasteiger partial charge in [-0.3, -0.25) is 4.79 Å². The number of carbonyl (C=O) groups excluding carboxylic acids is 1. The fraction of sp³-hybridized carbons (Fsp3) is 0.500. The third-order valence-corrected chi connectivity index (χ3v) is 3.45. The minimum Gasteiger partial charge on any atom is -0.378 e. The van der Waals surface area contributed by atoms with Gasteiger partial charge in [-0.15, -0.1) is 0 Å². The molecule has 1 aliphatic rings. The molecule has 0 aliphatic carbocycles. The van der Waals surface area contributed by atoms with E-state index in [0.29, 0.717) is 6.04 Å². The number of fused-ring (bicyclic) bond motifs is 1. The summed E-state index contributed by atoms with van der Waals surface area (Å²) in [5, 5.41) is 0. The zero-order chi connectivity index (χ0) is 12.6. The van der Waals surface area contributed by atoms with Crippen molar-refractivity contribution < 1.29 is 4.79 Å². The number of benzene rings is 1. The predicted octanol–water partition coefficient (Wildman–Crippen LogP) is 2.44. The molecule has 0 radical (unpaired) electrons. The van der Waals surface area contributed by atoms with Crippen LogP contribution in [0.25, 0.3) is 0 Å². The smallest absolute Gasteiger partial charge is 0.224 e. The van der Waals surface area contributed by atoms with Crippen LogP contribution in [0.3, 0.4) is 0 Å². The van der Waals surface area contributed by atoms with Crippen molar-refractivity contribution in [1.82, 2.24) is 0 Å². The summed E-state index contributed by atoms with van der Waals surface area (Å²) in [5.74, 6) is 0.135. The third kappa shape index (κ3) is 2.14. The number of aryl methyl sites for hydroxylation is 1. The molecule has 0 fully saturated rings. The van der Waals surface area contributed by atoms with Crippen LogP contribution in [0.5, 0.6) is 0 Å². The van der Waals surface area contributed by atoms with Crippen LogP contribution in [-0.2, 0) is 11.2 Å². The summed E-state index contributed by atoms with van der Waals surface area (Å²) >= 11 is 0. The van der Waals surface area contributed by atoms with Gasteiger partial charge in [0.1, 0.15) is 0 Å². The molecule has 1 atom stereocenters. The monoisotopic (exact) mass is 232 g/mol. The second-order valence-electron chi connectivity index (χ2n) is 4.98. The lowest BCUT2D eigenvalue weighted by Crippen LogP contribution is -2.40. The standard InChI is InChI=1S/C14H20N2O/c1-10-5-6-12-9-13(15(3)4)7-8-14(12)16(10)11(2)17/h7-10H,5-6H2,1-4H3. The lowest BCUT2D eigenvalue weighted by atomic mass is 9.96. The van der Waals surface area contributed by atoms with Gasteiger partial charge in [-0.2, -0.15) is 0 Å². The number of nitrogens with zero attached hydrogens (tertiary/aromatic N) is 2. The highest BCUT2D eigenvalue weighted by Gasteiger charge is 2.26. The number of carbonyl (C=O) groups is 1. The Morgan fingerprint density at radius 1 is 1.41 bits per heavy atom. The first-order valence-corrected chi connectivity index (χ1v) is 6.10. The molecule has 92 valence electrons. The van der Waals surface area contributed by atoms with Crippen molar-refractivity contribution in [3.8, 4) is 0 Å². The third-order valence-electron chi connectivity index (χ3n) is 3.45. The van der Waals surface area contributed by atoms with Crippen molar-refractivity contribution in [2.75, 3.05) is 23.9 Å². The zero-order valence-corrected chi connectivity index (χ0v) is 11.0. The Kier molecular flexibility index (Phi) is 3.09. The van der Waals surface area contributed by atoms with Crippen molar-refractivity contribution in [3.63, 3.8) is 0 Å². The van der Waals surface area contributed by atoms with Crippen molar-refractivity contribution in [3.05, 3.63) is 23.8 Å². The highest BCUT2D eigenvalue weighted by molar-refractivity contribution is 5.93. The molecule has 1 heterocycles. The molecule has 3 heteroatoms. The van der Waals surface area contributed by atoms with Gasteiger partial charge in [-0.05, 0) is 43.5 Å². The van der Waals surface area contributed by atoms with Gasteiger partial charge < -0.3 is 9.80 Å². The van der Waals surface area contributed by atoms with Crippen LogP contribution >= 0.6 is 0 Å². The molecule has 0 saturated carbocycles. The highest BCUT2D eigenvalue weighted by atomic mass is 16.2. The quantitative estimate of drug-likeness (QED) is 0.742. The van der Waals surface area contributed by atoms with Crippen LogP contribution in [0, 0.1) is 0 Å². The van der Waals surface area contributed by atoms with Gasteiger partial charge in [-0.1, -0.05) is 0 Å². The number of hydrogen-bond donors (Lipinski definition) is 0. The van der Waals surface area contributed by atoms with E-state index in [0.717, 1.165) is 18.5 Å². The van der Waals surface area contributed by atoms with E-state index >= 15 is 0 Å². The first kappa shape index (κ1) is 12.0. The fourth-order valence-electron chi connectivity index (χ4n) is 2.50. The summed E-state index contributed by atoms with van der Waals surface area (Å²) in [6.45, 7) is 3.76. The van der Waals surface area contributed by atoms with Crippen LogP contribution in [0.1, 0.15) is 25.8 Å².